The minimum atomic E-state index is -0.0580. The average Bonchev–Trinajstić information content (AvgIpc) is 2.35. The van der Waals surface area contributed by atoms with Crippen LogP contribution in [0.25, 0.3) is 10.4 Å². The van der Waals surface area contributed by atoms with Crippen LogP contribution in [0.5, 0.6) is 5.75 Å². The lowest BCUT2D eigenvalue weighted by Gasteiger charge is -2.28. The second-order valence-corrected chi connectivity index (χ2v) is 4.84. The molecule has 1 heterocycles. The third kappa shape index (κ3) is 3.35. The molecular formula is C11H13BrN4O. The summed E-state index contributed by atoms with van der Waals surface area (Å²) in [6, 6.07) is 3.64. The molecule has 0 amide bonds. The molecule has 2 unspecified atom stereocenters. The first-order chi connectivity index (χ1) is 8.29. The number of rotatable bonds is 3. The Bertz CT molecular complexity index is 416. The van der Waals surface area contributed by atoms with E-state index in [1.165, 1.54) is 0 Å². The van der Waals surface area contributed by atoms with Gasteiger partial charge in [-0.1, -0.05) is 11.5 Å². The molecule has 1 fully saturated rings. The second kappa shape index (κ2) is 5.89. The molecule has 2 rings (SSSR count). The van der Waals surface area contributed by atoms with Gasteiger partial charge in [0.05, 0.1) is 12.2 Å². The molecule has 1 aliphatic rings. The molecule has 1 aromatic rings. The summed E-state index contributed by atoms with van der Waals surface area (Å²) in [5, 5.41) is 3.80. The second-order valence-electron chi connectivity index (χ2n) is 4.03. The van der Waals surface area contributed by atoms with E-state index in [1.54, 1.807) is 6.20 Å². The standard InChI is InChI=1S/C11H13BrN4O/c12-11-6-5-8(7-14-11)17-10-4-2-1-3-9(10)15-16-13/h5-7,9-10H,1-4H2. The van der Waals surface area contributed by atoms with E-state index in [-0.39, 0.29) is 12.1 Å². The molecule has 1 saturated carbocycles. The van der Waals surface area contributed by atoms with Gasteiger partial charge in [-0.15, -0.1) is 0 Å². The van der Waals surface area contributed by atoms with Gasteiger partial charge in [0.25, 0.3) is 0 Å². The fourth-order valence-corrected chi connectivity index (χ4v) is 2.25. The number of azide groups is 1. The van der Waals surface area contributed by atoms with Crippen LogP contribution in [0, 0.1) is 0 Å². The van der Waals surface area contributed by atoms with Gasteiger partial charge in [0.1, 0.15) is 16.5 Å². The van der Waals surface area contributed by atoms with Crippen LogP contribution in [-0.4, -0.2) is 17.1 Å². The Morgan fingerprint density at radius 1 is 1.41 bits per heavy atom. The van der Waals surface area contributed by atoms with Crippen LogP contribution in [0.2, 0.25) is 0 Å². The summed E-state index contributed by atoms with van der Waals surface area (Å²) in [5.41, 5.74) is 8.52. The van der Waals surface area contributed by atoms with Crippen LogP contribution < -0.4 is 4.74 Å². The zero-order valence-electron chi connectivity index (χ0n) is 9.29. The third-order valence-corrected chi connectivity index (χ3v) is 3.32. The third-order valence-electron chi connectivity index (χ3n) is 2.86. The monoisotopic (exact) mass is 296 g/mol. The summed E-state index contributed by atoms with van der Waals surface area (Å²) >= 11 is 3.27. The fraction of sp³-hybridized carbons (Fsp3) is 0.545. The summed E-state index contributed by atoms with van der Waals surface area (Å²) in [4.78, 5) is 6.99. The molecule has 6 heteroatoms. The predicted molar refractivity (Wildman–Crippen MR) is 67.8 cm³/mol. The molecule has 2 atom stereocenters. The van der Waals surface area contributed by atoms with E-state index in [4.69, 9.17) is 10.3 Å². The molecule has 0 saturated heterocycles. The number of pyridine rings is 1. The van der Waals surface area contributed by atoms with Gasteiger partial charge in [-0.05, 0) is 52.9 Å². The summed E-state index contributed by atoms with van der Waals surface area (Å²) in [6.07, 6.45) is 5.70. The van der Waals surface area contributed by atoms with E-state index < -0.39 is 0 Å². The Hall–Kier alpha value is -1.26. The highest BCUT2D eigenvalue weighted by molar-refractivity contribution is 9.10. The Labute approximate surface area is 108 Å². The highest BCUT2D eigenvalue weighted by atomic mass is 79.9. The lowest BCUT2D eigenvalue weighted by molar-refractivity contribution is 0.132. The number of halogens is 1. The molecule has 5 nitrogen and oxygen atoms in total. The highest BCUT2D eigenvalue weighted by Gasteiger charge is 2.25. The first-order valence-corrected chi connectivity index (χ1v) is 6.41. The van der Waals surface area contributed by atoms with Gasteiger partial charge in [0.2, 0.25) is 0 Å². The molecule has 0 radical (unpaired) electrons. The Morgan fingerprint density at radius 2 is 2.24 bits per heavy atom. The number of aromatic nitrogens is 1. The quantitative estimate of drug-likeness (QED) is 0.368. The van der Waals surface area contributed by atoms with Gasteiger partial charge >= 0.3 is 0 Å². The first-order valence-electron chi connectivity index (χ1n) is 5.62. The van der Waals surface area contributed by atoms with E-state index in [2.05, 4.69) is 30.9 Å². The molecule has 0 spiro atoms. The van der Waals surface area contributed by atoms with Crippen LogP contribution in [0.3, 0.4) is 0 Å². The van der Waals surface area contributed by atoms with Gasteiger partial charge in [0, 0.05) is 4.91 Å². The molecule has 90 valence electrons. The van der Waals surface area contributed by atoms with Gasteiger partial charge in [-0.2, -0.15) is 0 Å². The number of nitrogens with zero attached hydrogens (tertiary/aromatic N) is 4. The number of ether oxygens (including phenoxy) is 1. The zero-order chi connectivity index (χ0) is 12.1. The van der Waals surface area contributed by atoms with Gasteiger partial charge in [-0.3, -0.25) is 0 Å². The first kappa shape index (κ1) is 12.2. The van der Waals surface area contributed by atoms with E-state index in [9.17, 15) is 0 Å². The summed E-state index contributed by atoms with van der Waals surface area (Å²) < 4.78 is 6.61. The van der Waals surface area contributed by atoms with Crippen LogP contribution in [0.15, 0.2) is 28.0 Å². The molecule has 0 aliphatic heterocycles. The van der Waals surface area contributed by atoms with Crippen molar-refractivity contribution in [3.8, 4) is 5.75 Å². The van der Waals surface area contributed by atoms with Crippen molar-refractivity contribution < 1.29 is 4.74 Å². The van der Waals surface area contributed by atoms with E-state index in [0.29, 0.717) is 0 Å². The zero-order valence-corrected chi connectivity index (χ0v) is 10.9. The maximum Gasteiger partial charge on any atom is 0.138 e. The molecule has 17 heavy (non-hydrogen) atoms. The van der Waals surface area contributed by atoms with E-state index in [0.717, 1.165) is 36.0 Å². The number of hydrogen-bond acceptors (Lipinski definition) is 3. The van der Waals surface area contributed by atoms with Gasteiger partial charge < -0.3 is 4.74 Å². The number of hydrogen-bond donors (Lipinski definition) is 0. The van der Waals surface area contributed by atoms with Crippen molar-refractivity contribution >= 4 is 15.9 Å². The molecule has 0 bridgehead atoms. The maximum atomic E-state index is 8.52. The van der Waals surface area contributed by atoms with Crippen molar-refractivity contribution in [2.45, 2.75) is 37.8 Å². The van der Waals surface area contributed by atoms with Crippen molar-refractivity contribution in [3.05, 3.63) is 33.4 Å². The van der Waals surface area contributed by atoms with Crippen LogP contribution in [-0.2, 0) is 0 Å². The molecule has 1 aliphatic carbocycles. The fourth-order valence-electron chi connectivity index (χ4n) is 2.02. The van der Waals surface area contributed by atoms with Crippen molar-refractivity contribution in [3.63, 3.8) is 0 Å². The van der Waals surface area contributed by atoms with Gasteiger partial charge in [0.15, 0.2) is 0 Å². The van der Waals surface area contributed by atoms with Crippen molar-refractivity contribution in [2.24, 2.45) is 5.11 Å². The minimum absolute atomic E-state index is 0.0253. The summed E-state index contributed by atoms with van der Waals surface area (Å²) in [7, 11) is 0. The van der Waals surface area contributed by atoms with Crippen LogP contribution in [0.4, 0.5) is 0 Å². The van der Waals surface area contributed by atoms with Crippen molar-refractivity contribution in [1.29, 1.82) is 0 Å². The topological polar surface area (TPSA) is 70.9 Å². The molecule has 0 N–H and O–H groups in total. The average molecular weight is 297 g/mol. The molecule has 0 aromatic carbocycles. The van der Waals surface area contributed by atoms with Crippen molar-refractivity contribution in [2.75, 3.05) is 0 Å². The highest BCUT2D eigenvalue weighted by Crippen LogP contribution is 2.26. The predicted octanol–water partition coefficient (Wildman–Crippen LogP) is 3.84. The maximum absolute atomic E-state index is 8.52. The minimum Gasteiger partial charge on any atom is -0.488 e. The normalized spacial score (nSPS) is 23.8. The van der Waals surface area contributed by atoms with E-state index >= 15 is 0 Å². The lowest BCUT2D eigenvalue weighted by atomic mass is 9.93. The lowest BCUT2D eigenvalue weighted by Crippen LogP contribution is -2.33. The summed E-state index contributed by atoms with van der Waals surface area (Å²) in [5.74, 6) is 0.721. The Kier molecular flexibility index (Phi) is 4.23. The smallest absolute Gasteiger partial charge is 0.138 e. The van der Waals surface area contributed by atoms with Crippen molar-refractivity contribution in [1.82, 2.24) is 4.98 Å². The molecule has 1 aromatic heterocycles. The van der Waals surface area contributed by atoms with Crippen LogP contribution >= 0.6 is 15.9 Å². The largest absolute Gasteiger partial charge is 0.488 e. The SMILES string of the molecule is [N-]=[N+]=NC1CCCCC1Oc1ccc(Br)nc1. The van der Waals surface area contributed by atoms with Crippen LogP contribution in [0.1, 0.15) is 25.7 Å². The Balaban J connectivity index is 2.05. The summed E-state index contributed by atoms with van der Waals surface area (Å²) in [6.45, 7) is 0. The molecular weight excluding hydrogens is 284 g/mol. The van der Waals surface area contributed by atoms with Gasteiger partial charge in [-0.25, -0.2) is 4.98 Å². The Morgan fingerprint density at radius 3 is 2.94 bits per heavy atom. The van der Waals surface area contributed by atoms with E-state index in [1.807, 2.05) is 12.1 Å².